The number of benzene rings is 3. The summed E-state index contributed by atoms with van der Waals surface area (Å²) in [5.41, 5.74) is 5.18. The van der Waals surface area contributed by atoms with Crippen molar-refractivity contribution in [1.82, 2.24) is 19.8 Å². The molecule has 1 fully saturated rings. The first-order valence-corrected chi connectivity index (χ1v) is 12.0. The van der Waals surface area contributed by atoms with Gasteiger partial charge in [-0.1, -0.05) is 43.3 Å². The first kappa shape index (κ1) is 23.2. The van der Waals surface area contributed by atoms with E-state index in [0.717, 1.165) is 60.6 Å². The molecule has 2 heterocycles. The standard InChI is InChI=1S/C28H30FN5O/c1-19(18-34-14-12-33(2)13-15-34)28(35)30-24-5-3-4-22(16-24)20-6-8-21(9-7-20)27-31-25-11-10-23(29)17-26(25)32-27/h3-11,16-17,19H,12-15,18H2,1-2H3,(H,30,35)(H,31,32). The number of likely N-dealkylation sites (N-methyl/N-ethyl adjacent to an activating group) is 1. The molecule has 0 aliphatic carbocycles. The van der Waals surface area contributed by atoms with Crippen molar-refractivity contribution in [2.45, 2.75) is 6.92 Å². The van der Waals surface area contributed by atoms with E-state index < -0.39 is 0 Å². The van der Waals surface area contributed by atoms with Gasteiger partial charge < -0.3 is 20.1 Å². The molecule has 1 aliphatic rings. The molecule has 6 nitrogen and oxygen atoms in total. The molecule has 0 bridgehead atoms. The summed E-state index contributed by atoms with van der Waals surface area (Å²) in [6.45, 7) is 6.86. The summed E-state index contributed by atoms with van der Waals surface area (Å²) in [6, 6.07) is 20.5. The predicted octanol–water partition coefficient (Wildman–Crippen LogP) is 4.86. The van der Waals surface area contributed by atoms with Gasteiger partial charge in [0.25, 0.3) is 0 Å². The fourth-order valence-electron chi connectivity index (χ4n) is 4.48. The Morgan fingerprint density at radius 2 is 1.74 bits per heavy atom. The molecule has 0 radical (unpaired) electrons. The van der Waals surface area contributed by atoms with Gasteiger partial charge in [0, 0.05) is 49.9 Å². The number of anilines is 1. The van der Waals surface area contributed by atoms with E-state index in [0.29, 0.717) is 11.3 Å². The molecule has 1 saturated heterocycles. The van der Waals surface area contributed by atoms with Crippen LogP contribution in [0.1, 0.15) is 6.92 Å². The number of aromatic nitrogens is 2. The number of halogens is 1. The van der Waals surface area contributed by atoms with Crippen molar-refractivity contribution in [1.29, 1.82) is 0 Å². The molecule has 35 heavy (non-hydrogen) atoms. The summed E-state index contributed by atoms with van der Waals surface area (Å²) >= 11 is 0. The third-order valence-electron chi connectivity index (χ3n) is 6.64. The van der Waals surface area contributed by atoms with Gasteiger partial charge in [0.05, 0.1) is 11.0 Å². The predicted molar refractivity (Wildman–Crippen MR) is 139 cm³/mol. The minimum Gasteiger partial charge on any atom is -0.338 e. The minimum atomic E-state index is -0.288. The van der Waals surface area contributed by atoms with E-state index >= 15 is 0 Å². The van der Waals surface area contributed by atoms with Gasteiger partial charge in [0.15, 0.2) is 0 Å². The number of piperazine rings is 1. The van der Waals surface area contributed by atoms with Crippen molar-refractivity contribution >= 4 is 22.6 Å². The second-order valence-corrected chi connectivity index (χ2v) is 9.40. The van der Waals surface area contributed by atoms with Gasteiger partial charge in [-0.05, 0) is 48.5 Å². The van der Waals surface area contributed by atoms with E-state index in [4.69, 9.17) is 0 Å². The molecular formula is C28H30FN5O. The molecule has 2 N–H and O–H groups in total. The maximum atomic E-state index is 13.5. The van der Waals surface area contributed by atoms with Gasteiger partial charge in [-0.25, -0.2) is 9.37 Å². The molecule has 1 atom stereocenters. The van der Waals surface area contributed by atoms with Crippen LogP contribution >= 0.6 is 0 Å². The number of carbonyl (C=O) groups is 1. The second-order valence-electron chi connectivity index (χ2n) is 9.40. The largest absolute Gasteiger partial charge is 0.338 e. The highest BCUT2D eigenvalue weighted by Crippen LogP contribution is 2.27. The van der Waals surface area contributed by atoms with E-state index in [1.54, 1.807) is 6.07 Å². The molecule has 0 saturated carbocycles. The molecule has 1 aromatic heterocycles. The molecule has 180 valence electrons. The van der Waals surface area contributed by atoms with Crippen LogP contribution in [-0.4, -0.2) is 65.4 Å². The van der Waals surface area contributed by atoms with Crippen molar-refractivity contribution in [2.75, 3.05) is 45.1 Å². The fourth-order valence-corrected chi connectivity index (χ4v) is 4.48. The minimum absolute atomic E-state index is 0.0396. The second kappa shape index (κ2) is 9.98. The van der Waals surface area contributed by atoms with Gasteiger partial charge in [0.1, 0.15) is 11.6 Å². The van der Waals surface area contributed by atoms with Crippen LogP contribution in [0.2, 0.25) is 0 Å². The molecule has 0 spiro atoms. The third-order valence-corrected chi connectivity index (χ3v) is 6.64. The summed E-state index contributed by atoms with van der Waals surface area (Å²) in [4.78, 5) is 25.2. The number of hydrogen-bond donors (Lipinski definition) is 2. The van der Waals surface area contributed by atoms with Crippen LogP contribution < -0.4 is 5.32 Å². The summed E-state index contributed by atoms with van der Waals surface area (Å²) < 4.78 is 13.5. The van der Waals surface area contributed by atoms with Crippen LogP contribution in [0.4, 0.5) is 10.1 Å². The highest BCUT2D eigenvalue weighted by molar-refractivity contribution is 5.93. The number of fused-ring (bicyclic) bond motifs is 1. The molecule has 1 unspecified atom stereocenters. The fraction of sp³-hybridized carbons (Fsp3) is 0.286. The molecule has 3 aromatic carbocycles. The average molecular weight is 472 g/mol. The van der Waals surface area contributed by atoms with Gasteiger partial charge >= 0.3 is 0 Å². The Bertz CT molecular complexity index is 1320. The Morgan fingerprint density at radius 1 is 1.00 bits per heavy atom. The van der Waals surface area contributed by atoms with E-state index in [2.05, 4.69) is 32.1 Å². The number of H-pyrrole nitrogens is 1. The molecule has 7 heteroatoms. The van der Waals surface area contributed by atoms with Crippen LogP contribution in [0, 0.1) is 11.7 Å². The molecular weight excluding hydrogens is 441 g/mol. The summed E-state index contributed by atoms with van der Waals surface area (Å²) in [5, 5.41) is 3.09. The topological polar surface area (TPSA) is 64.3 Å². The zero-order valence-corrected chi connectivity index (χ0v) is 20.1. The van der Waals surface area contributed by atoms with Gasteiger partial charge in [-0.15, -0.1) is 0 Å². The third kappa shape index (κ3) is 5.42. The van der Waals surface area contributed by atoms with Gasteiger partial charge in [0.2, 0.25) is 5.91 Å². The van der Waals surface area contributed by atoms with Crippen molar-refractivity contribution in [3.05, 3.63) is 72.5 Å². The molecule has 4 aromatic rings. The maximum absolute atomic E-state index is 13.5. The lowest BCUT2D eigenvalue weighted by Gasteiger charge is -2.33. The molecule has 1 aliphatic heterocycles. The Balaban J connectivity index is 1.25. The van der Waals surface area contributed by atoms with Crippen LogP contribution in [0.25, 0.3) is 33.5 Å². The number of rotatable bonds is 6. The van der Waals surface area contributed by atoms with Gasteiger partial charge in [-0.2, -0.15) is 0 Å². The average Bonchev–Trinajstić information content (AvgIpc) is 3.29. The zero-order valence-electron chi connectivity index (χ0n) is 20.1. The van der Waals surface area contributed by atoms with Crippen LogP contribution in [-0.2, 0) is 4.79 Å². The molecule has 1 amide bonds. The quantitative estimate of drug-likeness (QED) is 0.422. The lowest BCUT2D eigenvalue weighted by atomic mass is 10.0. The van der Waals surface area contributed by atoms with Crippen LogP contribution in [0.3, 0.4) is 0 Å². The van der Waals surface area contributed by atoms with E-state index in [1.165, 1.54) is 12.1 Å². The Morgan fingerprint density at radius 3 is 2.51 bits per heavy atom. The SMILES string of the molecule is CC(CN1CCN(C)CC1)C(=O)Nc1cccc(-c2ccc(-c3nc4ccc(F)cc4[nH]3)cc2)c1. The Kier molecular flexibility index (Phi) is 6.61. The van der Waals surface area contributed by atoms with E-state index in [1.807, 2.05) is 55.5 Å². The normalized spacial score (nSPS) is 15.9. The van der Waals surface area contributed by atoms with Crippen LogP contribution in [0.5, 0.6) is 0 Å². The number of carbonyl (C=O) groups excluding carboxylic acids is 1. The van der Waals surface area contributed by atoms with E-state index in [-0.39, 0.29) is 17.6 Å². The maximum Gasteiger partial charge on any atom is 0.228 e. The number of imidazole rings is 1. The monoisotopic (exact) mass is 471 g/mol. The number of aromatic amines is 1. The lowest BCUT2D eigenvalue weighted by molar-refractivity contribution is -0.120. The highest BCUT2D eigenvalue weighted by atomic mass is 19.1. The van der Waals surface area contributed by atoms with Crippen LogP contribution in [0.15, 0.2) is 66.7 Å². The lowest BCUT2D eigenvalue weighted by Crippen LogP contribution is -2.47. The van der Waals surface area contributed by atoms with Crippen molar-refractivity contribution in [3.8, 4) is 22.5 Å². The van der Waals surface area contributed by atoms with E-state index in [9.17, 15) is 9.18 Å². The number of nitrogens with zero attached hydrogens (tertiary/aromatic N) is 3. The summed E-state index contributed by atoms with van der Waals surface area (Å²) in [5.74, 6) is 0.368. The number of amides is 1. The van der Waals surface area contributed by atoms with Gasteiger partial charge in [-0.3, -0.25) is 4.79 Å². The molecule has 5 rings (SSSR count). The van der Waals surface area contributed by atoms with Crippen molar-refractivity contribution in [3.63, 3.8) is 0 Å². The Hall–Kier alpha value is -3.55. The number of hydrogen-bond acceptors (Lipinski definition) is 4. The van der Waals surface area contributed by atoms with Crippen molar-refractivity contribution < 1.29 is 9.18 Å². The Labute approximate surface area is 204 Å². The smallest absolute Gasteiger partial charge is 0.228 e. The zero-order chi connectivity index (χ0) is 24.4. The number of nitrogens with one attached hydrogen (secondary N) is 2. The first-order valence-electron chi connectivity index (χ1n) is 12.0. The first-order chi connectivity index (χ1) is 16.9. The highest BCUT2D eigenvalue weighted by Gasteiger charge is 2.20. The summed E-state index contributed by atoms with van der Waals surface area (Å²) in [6.07, 6.45) is 0. The summed E-state index contributed by atoms with van der Waals surface area (Å²) in [7, 11) is 2.13. The van der Waals surface area contributed by atoms with Crippen molar-refractivity contribution in [2.24, 2.45) is 5.92 Å².